The number of benzene rings is 1. The van der Waals surface area contributed by atoms with Crippen LogP contribution in [0.4, 0.5) is 0 Å². The van der Waals surface area contributed by atoms with Crippen LogP contribution in [-0.4, -0.2) is 17.1 Å². The number of hydrogen-bond acceptors (Lipinski definition) is 2. The lowest BCUT2D eigenvalue weighted by Crippen LogP contribution is -2.38. The van der Waals surface area contributed by atoms with Crippen molar-refractivity contribution in [3.8, 4) is 0 Å². The van der Waals surface area contributed by atoms with Crippen molar-refractivity contribution in [2.45, 2.75) is 38.8 Å². The van der Waals surface area contributed by atoms with E-state index in [0.717, 1.165) is 16.5 Å². The Kier molecular flexibility index (Phi) is 5.65. The Hall–Kier alpha value is -0.870. The van der Waals surface area contributed by atoms with E-state index in [1.165, 1.54) is 0 Å². The lowest BCUT2D eigenvalue weighted by molar-refractivity contribution is -0.139. The molecule has 3 nitrogen and oxygen atoms in total. The molecule has 2 atom stereocenters. The van der Waals surface area contributed by atoms with Crippen molar-refractivity contribution in [2.24, 2.45) is 0 Å². The second-order valence-corrected chi connectivity index (χ2v) is 4.94. The van der Waals surface area contributed by atoms with Gasteiger partial charge in [-0.25, -0.2) is 0 Å². The molecule has 1 aromatic rings. The van der Waals surface area contributed by atoms with E-state index >= 15 is 0 Å². The molecular weight excluding hydrogens is 282 g/mol. The first kappa shape index (κ1) is 14.2. The molecule has 0 saturated heterocycles. The van der Waals surface area contributed by atoms with Crippen molar-refractivity contribution >= 4 is 21.9 Å². The molecule has 0 amide bonds. The number of carboxylic acids is 1. The third kappa shape index (κ3) is 4.13. The maximum absolute atomic E-state index is 11.1. The van der Waals surface area contributed by atoms with Gasteiger partial charge < -0.3 is 5.11 Å². The minimum absolute atomic E-state index is 0.0122. The van der Waals surface area contributed by atoms with Gasteiger partial charge in [0.25, 0.3) is 0 Å². The molecule has 0 heterocycles. The summed E-state index contributed by atoms with van der Waals surface area (Å²) in [5.74, 6) is -0.786. The molecule has 0 radical (unpaired) electrons. The molecular formula is C13H18BrNO2. The molecule has 0 aliphatic rings. The Morgan fingerprint density at radius 1 is 1.47 bits per heavy atom. The summed E-state index contributed by atoms with van der Waals surface area (Å²) < 4.78 is 1.00. The van der Waals surface area contributed by atoms with Crippen LogP contribution in [0.5, 0.6) is 0 Å². The van der Waals surface area contributed by atoms with Crippen molar-refractivity contribution in [2.75, 3.05) is 0 Å². The van der Waals surface area contributed by atoms with Gasteiger partial charge in [-0.3, -0.25) is 10.1 Å². The number of carbonyl (C=O) groups is 1. The highest BCUT2D eigenvalue weighted by Gasteiger charge is 2.19. The summed E-state index contributed by atoms with van der Waals surface area (Å²) in [6.45, 7) is 3.96. The maximum Gasteiger partial charge on any atom is 0.320 e. The molecule has 94 valence electrons. The topological polar surface area (TPSA) is 49.3 Å². The highest BCUT2D eigenvalue weighted by Crippen LogP contribution is 2.23. The van der Waals surface area contributed by atoms with Crippen molar-refractivity contribution in [1.82, 2.24) is 5.32 Å². The Bertz CT molecular complexity index is 381. The summed E-state index contributed by atoms with van der Waals surface area (Å²) in [4.78, 5) is 11.1. The minimum atomic E-state index is -0.786. The van der Waals surface area contributed by atoms with Gasteiger partial charge in [-0.1, -0.05) is 47.5 Å². The van der Waals surface area contributed by atoms with E-state index in [-0.39, 0.29) is 6.04 Å². The summed E-state index contributed by atoms with van der Waals surface area (Å²) in [5.41, 5.74) is 1.08. The van der Waals surface area contributed by atoms with E-state index in [0.29, 0.717) is 6.42 Å². The van der Waals surface area contributed by atoms with Gasteiger partial charge >= 0.3 is 5.97 Å². The molecule has 0 saturated carbocycles. The predicted molar refractivity (Wildman–Crippen MR) is 72.0 cm³/mol. The third-order valence-corrected chi connectivity index (χ3v) is 3.42. The van der Waals surface area contributed by atoms with Gasteiger partial charge in [-0.05, 0) is 25.0 Å². The average Bonchev–Trinajstić information content (AvgIpc) is 2.28. The van der Waals surface area contributed by atoms with E-state index < -0.39 is 12.0 Å². The first-order chi connectivity index (χ1) is 8.06. The van der Waals surface area contributed by atoms with E-state index in [9.17, 15) is 4.79 Å². The maximum atomic E-state index is 11.1. The molecule has 17 heavy (non-hydrogen) atoms. The Morgan fingerprint density at radius 2 is 2.12 bits per heavy atom. The fraction of sp³-hybridized carbons (Fsp3) is 0.462. The SMILES string of the molecule is CCCC(NC(C)c1ccccc1Br)C(=O)O. The number of nitrogens with one attached hydrogen (secondary N) is 1. The molecule has 0 spiro atoms. The highest BCUT2D eigenvalue weighted by atomic mass is 79.9. The zero-order valence-electron chi connectivity index (χ0n) is 10.1. The molecule has 0 aliphatic heterocycles. The quantitative estimate of drug-likeness (QED) is 0.847. The largest absolute Gasteiger partial charge is 0.480 e. The fourth-order valence-electron chi connectivity index (χ4n) is 1.78. The van der Waals surface area contributed by atoms with E-state index in [2.05, 4.69) is 21.2 Å². The average molecular weight is 300 g/mol. The Morgan fingerprint density at radius 3 is 2.65 bits per heavy atom. The van der Waals surface area contributed by atoms with Crippen LogP contribution in [-0.2, 0) is 4.79 Å². The highest BCUT2D eigenvalue weighted by molar-refractivity contribution is 9.10. The van der Waals surface area contributed by atoms with Crippen molar-refractivity contribution in [3.63, 3.8) is 0 Å². The van der Waals surface area contributed by atoms with E-state index in [4.69, 9.17) is 5.11 Å². The van der Waals surface area contributed by atoms with E-state index in [1.807, 2.05) is 38.1 Å². The summed E-state index contributed by atoms with van der Waals surface area (Å²) in [6, 6.07) is 7.38. The molecule has 2 unspecified atom stereocenters. The second kappa shape index (κ2) is 6.77. The summed E-state index contributed by atoms with van der Waals surface area (Å²) in [7, 11) is 0. The van der Waals surface area contributed by atoms with Gasteiger partial charge in [0.2, 0.25) is 0 Å². The van der Waals surface area contributed by atoms with Gasteiger partial charge in [0.15, 0.2) is 0 Å². The molecule has 0 fully saturated rings. The third-order valence-electron chi connectivity index (χ3n) is 2.70. The molecule has 1 aromatic carbocycles. The molecule has 0 aliphatic carbocycles. The zero-order chi connectivity index (χ0) is 12.8. The summed E-state index contributed by atoms with van der Waals surface area (Å²) in [5, 5.41) is 12.2. The second-order valence-electron chi connectivity index (χ2n) is 4.09. The first-order valence-electron chi connectivity index (χ1n) is 5.79. The smallest absolute Gasteiger partial charge is 0.320 e. The first-order valence-corrected chi connectivity index (χ1v) is 6.58. The summed E-state index contributed by atoms with van der Waals surface area (Å²) >= 11 is 3.48. The van der Waals surface area contributed by atoms with Crippen LogP contribution in [0.1, 0.15) is 38.3 Å². The van der Waals surface area contributed by atoms with E-state index in [1.54, 1.807) is 0 Å². The van der Waals surface area contributed by atoms with Gasteiger partial charge in [-0.15, -0.1) is 0 Å². The van der Waals surface area contributed by atoms with Gasteiger partial charge in [0, 0.05) is 10.5 Å². The molecule has 1 rings (SSSR count). The number of rotatable bonds is 6. The number of aliphatic carboxylic acids is 1. The Labute approximate surface area is 110 Å². The van der Waals surface area contributed by atoms with Crippen LogP contribution < -0.4 is 5.32 Å². The molecule has 4 heteroatoms. The Balaban J connectivity index is 2.73. The predicted octanol–water partition coefficient (Wildman–Crippen LogP) is 3.35. The van der Waals surface area contributed by atoms with Crippen LogP contribution in [0.15, 0.2) is 28.7 Å². The lowest BCUT2D eigenvalue weighted by atomic mass is 10.1. The van der Waals surface area contributed by atoms with Crippen LogP contribution >= 0.6 is 15.9 Å². The summed E-state index contributed by atoms with van der Waals surface area (Å²) in [6.07, 6.45) is 1.50. The van der Waals surface area contributed by atoms with Crippen LogP contribution in [0.25, 0.3) is 0 Å². The number of halogens is 1. The molecule has 2 N–H and O–H groups in total. The number of carboxylic acid groups (broad SMARTS) is 1. The van der Waals surface area contributed by atoms with Crippen molar-refractivity contribution < 1.29 is 9.90 Å². The molecule has 0 bridgehead atoms. The minimum Gasteiger partial charge on any atom is -0.480 e. The van der Waals surface area contributed by atoms with Gasteiger partial charge in [0.1, 0.15) is 6.04 Å². The van der Waals surface area contributed by atoms with Crippen molar-refractivity contribution in [3.05, 3.63) is 34.3 Å². The van der Waals surface area contributed by atoms with Gasteiger partial charge in [0.05, 0.1) is 0 Å². The fourth-order valence-corrected chi connectivity index (χ4v) is 2.41. The van der Waals surface area contributed by atoms with Crippen LogP contribution in [0.2, 0.25) is 0 Å². The monoisotopic (exact) mass is 299 g/mol. The zero-order valence-corrected chi connectivity index (χ0v) is 11.7. The van der Waals surface area contributed by atoms with Crippen LogP contribution in [0, 0.1) is 0 Å². The van der Waals surface area contributed by atoms with Gasteiger partial charge in [-0.2, -0.15) is 0 Å². The van der Waals surface area contributed by atoms with Crippen LogP contribution in [0.3, 0.4) is 0 Å². The molecule has 0 aromatic heterocycles. The number of hydrogen-bond donors (Lipinski definition) is 2. The standard InChI is InChI=1S/C13H18BrNO2/c1-3-6-12(13(16)17)15-9(2)10-7-4-5-8-11(10)14/h4-5,7-9,12,15H,3,6H2,1-2H3,(H,16,17). The normalized spacial score (nSPS) is 14.3. The van der Waals surface area contributed by atoms with Crippen molar-refractivity contribution in [1.29, 1.82) is 0 Å². The lowest BCUT2D eigenvalue weighted by Gasteiger charge is -2.21.